The van der Waals surface area contributed by atoms with Gasteiger partial charge in [-0.05, 0) is 25.2 Å². The molecule has 0 aromatic heterocycles. The second-order valence-corrected chi connectivity index (χ2v) is 5.36. The van der Waals surface area contributed by atoms with Crippen LogP contribution in [-0.2, 0) is 4.74 Å². The number of nitrogens with one attached hydrogen (secondary N) is 1. The van der Waals surface area contributed by atoms with Gasteiger partial charge in [0.05, 0.1) is 5.60 Å². The molecule has 0 rings (SSSR count). The molecule has 3 heteroatoms. The molecule has 3 nitrogen and oxygen atoms in total. The van der Waals surface area contributed by atoms with E-state index in [4.69, 9.17) is 4.74 Å². The van der Waals surface area contributed by atoms with E-state index in [0.717, 1.165) is 26.0 Å². The number of methoxy groups -OCH3 is 1. The zero-order chi connectivity index (χ0) is 11.9. The number of aliphatic hydroxyl groups is 1. The van der Waals surface area contributed by atoms with E-state index in [9.17, 15) is 5.11 Å². The van der Waals surface area contributed by atoms with Gasteiger partial charge >= 0.3 is 0 Å². The summed E-state index contributed by atoms with van der Waals surface area (Å²) in [5.41, 5.74) is -0.364. The predicted molar refractivity (Wildman–Crippen MR) is 64.1 cm³/mol. The molecule has 15 heavy (non-hydrogen) atoms. The molecule has 2 N–H and O–H groups in total. The minimum atomic E-state index is -0.586. The average molecular weight is 217 g/mol. The quantitative estimate of drug-likeness (QED) is 0.651. The zero-order valence-corrected chi connectivity index (χ0v) is 10.9. The van der Waals surface area contributed by atoms with Gasteiger partial charge in [-0.2, -0.15) is 0 Å². The normalized spacial score (nSPS) is 16.4. The molecular weight excluding hydrogens is 190 g/mol. The van der Waals surface area contributed by atoms with Gasteiger partial charge < -0.3 is 15.2 Å². The first-order valence-corrected chi connectivity index (χ1v) is 5.75. The fourth-order valence-electron chi connectivity index (χ4n) is 1.26. The summed E-state index contributed by atoms with van der Waals surface area (Å²) in [4.78, 5) is 0. The van der Waals surface area contributed by atoms with Crippen molar-refractivity contribution in [3.8, 4) is 0 Å². The first kappa shape index (κ1) is 14.9. The Morgan fingerprint density at radius 1 is 1.20 bits per heavy atom. The van der Waals surface area contributed by atoms with E-state index in [1.54, 1.807) is 7.11 Å². The maximum absolute atomic E-state index is 9.81. The van der Waals surface area contributed by atoms with Gasteiger partial charge in [-0.25, -0.2) is 0 Å². The number of hydrogen-bond acceptors (Lipinski definition) is 3. The van der Waals surface area contributed by atoms with Crippen molar-refractivity contribution >= 4 is 0 Å². The maximum atomic E-state index is 9.81. The summed E-state index contributed by atoms with van der Waals surface area (Å²) in [6.07, 6.45) is 1.81. The lowest BCUT2D eigenvalue weighted by molar-refractivity contribution is 0.0521. The molecule has 0 saturated carbocycles. The van der Waals surface area contributed by atoms with E-state index >= 15 is 0 Å². The van der Waals surface area contributed by atoms with Gasteiger partial charge in [-0.1, -0.05) is 20.8 Å². The molecule has 0 fully saturated rings. The van der Waals surface area contributed by atoms with Crippen LogP contribution in [0.3, 0.4) is 0 Å². The lowest BCUT2D eigenvalue weighted by atomic mass is 9.89. The molecule has 0 aromatic carbocycles. The highest BCUT2D eigenvalue weighted by molar-refractivity contribution is 4.77. The highest BCUT2D eigenvalue weighted by atomic mass is 16.5. The molecule has 0 aliphatic heterocycles. The SMILES string of the molecule is CCC(C)(O)CNCC(C)(C)CCOC. The number of hydrogen-bond donors (Lipinski definition) is 2. The van der Waals surface area contributed by atoms with Crippen LogP contribution < -0.4 is 5.32 Å². The van der Waals surface area contributed by atoms with Gasteiger partial charge in [-0.3, -0.25) is 0 Å². The second kappa shape index (κ2) is 6.46. The maximum Gasteiger partial charge on any atom is 0.0740 e. The summed E-state index contributed by atoms with van der Waals surface area (Å²) >= 11 is 0. The standard InChI is InChI=1S/C12H27NO2/c1-6-12(4,14)10-13-9-11(2,3)7-8-15-5/h13-14H,6-10H2,1-5H3. The van der Waals surface area contributed by atoms with Crippen LogP contribution in [0.15, 0.2) is 0 Å². The van der Waals surface area contributed by atoms with Gasteiger partial charge in [0.15, 0.2) is 0 Å². The molecule has 0 saturated heterocycles. The van der Waals surface area contributed by atoms with Gasteiger partial charge in [0.25, 0.3) is 0 Å². The van der Waals surface area contributed by atoms with Crippen molar-refractivity contribution in [2.75, 3.05) is 26.8 Å². The fraction of sp³-hybridized carbons (Fsp3) is 1.00. The Morgan fingerprint density at radius 2 is 1.80 bits per heavy atom. The molecule has 1 unspecified atom stereocenters. The van der Waals surface area contributed by atoms with Crippen molar-refractivity contribution in [3.63, 3.8) is 0 Å². The Balaban J connectivity index is 3.74. The van der Waals surface area contributed by atoms with Gasteiger partial charge in [-0.15, -0.1) is 0 Å². The van der Waals surface area contributed by atoms with E-state index in [1.165, 1.54) is 0 Å². The van der Waals surface area contributed by atoms with Crippen molar-refractivity contribution in [2.24, 2.45) is 5.41 Å². The average Bonchev–Trinajstić information content (AvgIpc) is 2.14. The molecule has 0 radical (unpaired) electrons. The summed E-state index contributed by atoms with van der Waals surface area (Å²) in [7, 11) is 1.73. The molecule has 0 aliphatic rings. The van der Waals surface area contributed by atoms with E-state index in [1.807, 2.05) is 13.8 Å². The summed E-state index contributed by atoms with van der Waals surface area (Å²) < 4.78 is 5.07. The van der Waals surface area contributed by atoms with E-state index in [-0.39, 0.29) is 5.41 Å². The van der Waals surface area contributed by atoms with Crippen molar-refractivity contribution in [2.45, 2.75) is 46.1 Å². The molecule has 0 heterocycles. The predicted octanol–water partition coefficient (Wildman–Crippen LogP) is 1.80. The van der Waals surface area contributed by atoms with E-state index in [0.29, 0.717) is 6.54 Å². The summed E-state index contributed by atoms with van der Waals surface area (Å²) in [5.74, 6) is 0. The van der Waals surface area contributed by atoms with Crippen LogP contribution in [0.1, 0.15) is 40.5 Å². The third kappa shape index (κ3) is 7.77. The van der Waals surface area contributed by atoms with E-state index < -0.39 is 5.60 Å². The highest BCUT2D eigenvalue weighted by Crippen LogP contribution is 2.19. The lowest BCUT2D eigenvalue weighted by Crippen LogP contribution is -2.41. The fourth-order valence-corrected chi connectivity index (χ4v) is 1.26. The number of rotatable bonds is 8. The largest absolute Gasteiger partial charge is 0.389 e. The Bertz CT molecular complexity index is 167. The third-order valence-electron chi connectivity index (χ3n) is 2.85. The Labute approximate surface area is 94.2 Å². The monoisotopic (exact) mass is 217 g/mol. The summed E-state index contributed by atoms with van der Waals surface area (Å²) in [6, 6.07) is 0. The van der Waals surface area contributed by atoms with Crippen molar-refractivity contribution in [1.82, 2.24) is 5.32 Å². The Hall–Kier alpha value is -0.120. The van der Waals surface area contributed by atoms with Crippen LogP contribution in [0, 0.1) is 5.41 Å². The van der Waals surface area contributed by atoms with Crippen LogP contribution in [0.5, 0.6) is 0 Å². The zero-order valence-electron chi connectivity index (χ0n) is 10.9. The van der Waals surface area contributed by atoms with Crippen molar-refractivity contribution in [3.05, 3.63) is 0 Å². The minimum Gasteiger partial charge on any atom is -0.389 e. The molecule has 0 aliphatic carbocycles. The first-order chi connectivity index (χ1) is 6.83. The van der Waals surface area contributed by atoms with Gasteiger partial charge in [0.2, 0.25) is 0 Å². The highest BCUT2D eigenvalue weighted by Gasteiger charge is 2.21. The first-order valence-electron chi connectivity index (χ1n) is 5.75. The van der Waals surface area contributed by atoms with Gasteiger partial charge in [0, 0.05) is 26.8 Å². The number of ether oxygens (including phenoxy) is 1. The molecule has 0 amide bonds. The molecule has 0 spiro atoms. The lowest BCUT2D eigenvalue weighted by Gasteiger charge is -2.28. The molecular formula is C12H27NO2. The van der Waals surface area contributed by atoms with Gasteiger partial charge in [0.1, 0.15) is 0 Å². The van der Waals surface area contributed by atoms with E-state index in [2.05, 4.69) is 19.2 Å². The third-order valence-corrected chi connectivity index (χ3v) is 2.85. The van der Waals surface area contributed by atoms with Crippen LogP contribution in [-0.4, -0.2) is 37.5 Å². The van der Waals surface area contributed by atoms with Crippen LogP contribution in [0.2, 0.25) is 0 Å². The van der Waals surface area contributed by atoms with Crippen LogP contribution in [0.4, 0.5) is 0 Å². The van der Waals surface area contributed by atoms with Crippen LogP contribution >= 0.6 is 0 Å². The Morgan fingerprint density at radius 3 is 2.27 bits per heavy atom. The van der Waals surface area contributed by atoms with Crippen molar-refractivity contribution < 1.29 is 9.84 Å². The topological polar surface area (TPSA) is 41.5 Å². The Kier molecular flexibility index (Phi) is 6.41. The van der Waals surface area contributed by atoms with Crippen LogP contribution in [0.25, 0.3) is 0 Å². The molecule has 0 bridgehead atoms. The summed E-state index contributed by atoms with van der Waals surface area (Å²) in [5, 5.41) is 13.1. The molecule has 92 valence electrons. The minimum absolute atomic E-state index is 0.222. The second-order valence-electron chi connectivity index (χ2n) is 5.36. The summed E-state index contributed by atoms with van der Waals surface area (Å²) in [6.45, 7) is 10.6. The van der Waals surface area contributed by atoms with Crippen molar-refractivity contribution in [1.29, 1.82) is 0 Å². The molecule has 0 aromatic rings. The molecule has 1 atom stereocenters. The smallest absolute Gasteiger partial charge is 0.0740 e.